The van der Waals surface area contributed by atoms with Crippen molar-refractivity contribution in [2.24, 2.45) is 0 Å². The van der Waals surface area contributed by atoms with Crippen molar-refractivity contribution in [3.8, 4) is 0 Å². The Labute approximate surface area is 75.8 Å². The van der Waals surface area contributed by atoms with Crippen LogP contribution in [0, 0.1) is 13.8 Å². The maximum Gasteiger partial charge on any atom is 0.254 e. The van der Waals surface area contributed by atoms with Crippen LogP contribution in [0.1, 0.15) is 17.1 Å². The molecule has 0 atom stereocenters. The molecular formula is C8H11ClN2O. The molecule has 66 valence electrons. The van der Waals surface area contributed by atoms with Crippen molar-refractivity contribution in [1.29, 1.82) is 0 Å². The van der Waals surface area contributed by atoms with Gasteiger partial charge < -0.3 is 4.98 Å². The van der Waals surface area contributed by atoms with Crippen LogP contribution in [0.15, 0.2) is 4.79 Å². The summed E-state index contributed by atoms with van der Waals surface area (Å²) in [4.78, 5) is 18.1. The highest BCUT2D eigenvalue weighted by Gasteiger charge is 2.04. The fourth-order valence-electron chi connectivity index (χ4n) is 1.14. The molecule has 1 heterocycles. The topological polar surface area (TPSA) is 45.8 Å². The van der Waals surface area contributed by atoms with Crippen LogP contribution in [0.3, 0.4) is 0 Å². The summed E-state index contributed by atoms with van der Waals surface area (Å²) in [6.07, 6.45) is 0.579. The third-order valence-corrected chi connectivity index (χ3v) is 1.87. The Bertz CT molecular complexity index is 332. The number of nitrogens with zero attached hydrogens (tertiary/aromatic N) is 1. The van der Waals surface area contributed by atoms with Crippen LogP contribution in [0.5, 0.6) is 0 Å². The third-order valence-electron chi connectivity index (χ3n) is 1.69. The van der Waals surface area contributed by atoms with E-state index < -0.39 is 0 Å². The van der Waals surface area contributed by atoms with E-state index in [-0.39, 0.29) is 5.56 Å². The lowest BCUT2D eigenvalue weighted by Crippen LogP contribution is -2.18. The predicted octanol–water partition coefficient (Wildman–Crippen LogP) is 1.17. The normalized spacial score (nSPS) is 10.2. The van der Waals surface area contributed by atoms with Crippen LogP contribution < -0.4 is 5.56 Å². The Morgan fingerprint density at radius 3 is 2.67 bits per heavy atom. The molecule has 1 N–H and O–H groups in total. The van der Waals surface area contributed by atoms with Gasteiger partial charge in [-0.3, -0.25) is 4.79 Å². The van der Waals surface area contributed by atoms with E-state index in [9.17, 15) is 4.79 Å². The molecule has 1 rings (SSSR count). The summed E-state index contributed by atoms with van der Waals surface area (Å²) in [5, 5.41) is 0. The molecule has 0 saturated heterocycles. The van der Waals surface area contributed by atoms with Gasteiger partial charge in [-0.1, -0.05) is 0 Å². The average molecular weight is 187 g/mol. The fourth-order valence-corrected chi connectivity index (χ4v) is 1.33. The van der Waals surface area contributed by atoms with E-state index in [0.29, 0.717) is 23.7 Å². The molecule has 3 nitrogen and oxygen atoms in total. The molecule has 1 aromatic rings. The number of aromatic nitrogens is 2. The minimum Gasteiger partial charge on any atom is -0.311 e. The Hall–Kier alpha value is -0.830. The molecule has 0 radical (unpaired) electrons. The zero-order valence-corrected chi connectivity index (χ0v) is 7.90. The highest BCUT2D eigenvalue weighted by Crippen LogP contribution is 2.00. The molecule has 0 saturated carbocycles. The van der Waals surface area contributed by atoms with Crippen molar-refractivity contribution in [2.45, 2.75) is 20.3 Å². The first-order valence-corrected chi connectivity index (χ1v) is 4.31. The van der Waals surface area contributed by atoms with E-state index in [1.54, 1.807) is 6.92 Å². The van der Waals surface area contributed by atoms with Crippen molar-refractivity contribution in [1.82, 2.24) is 9.97 Å². The summed E-state index contributed by atoms with van der Waals surface area (Å²) in [6.45, 7) is 3.59. The molecule has 0 spiro atoms. The number of H-pyrrole nitrogens is 1. The largest absolute Gasteiger partial charge is 0.311 e. The lowest BCUT2D eigenvalue weighted by Gasteiger charge is -2.01. The van der Waals surface area contributed by atoms with Crippen molar-refractivity contribution >= 4 is 11.6 Å². The van der Waals surface area contributed by atoms with Gasteiger partial charge >= 0.3 is 0 Å². The Kier molecular flexibility index (Phi) is 2.87. The summed E-state index contributed by atoms with van der Waals surface area (Å²) in [5.41, 5.74) is 1.40. The lowest BCUT2D eigenvalue weighted by atomic mass is 10.2. The molecule has 0 fully saturated rings. The van der Waals surface area contributed by atoms with Crippen molar-refractivity contribution in [2.75, 3.05) is 5.88 Å². The highest BCUT2D eigenvalue weighted by atomic mass is 35.5. The van der Waals surface area contributed by atoms with Crippen LogP contribution in [-0.4, -0.2) is 15.8 Å². The highest BCUT2D eigenvalue weighted by molar-refractivity contribution is 6.17. The smallest absolute Gasteiger partial charge is 0.254 e. The molecule has 4 heteroatoms. The third kappa shape index (κ3) is 1.85. The van der Waals surface area contributed by atoms with Gasteiger partial charge in [0.1, 0.15) is 5.82 Å². The number of hydrogen-bond acceptors (Lipinski definition) is 2. The number of rotatable bonds is 2. The minimum atomic E-state index is -0.0688. The molecular weight excluding hydrogens is 176 g/mol. The summed E-state index contributed by atoms with van der Waals surface area (Å²) in [5.74, 6) is 1.10. The number of nitrogens with one attached hydrogen (secondary N) is 1. The molecule has 0 unspecified atom stereocenters. The number of hydrogen-bond donors (Lipinski definition) is 1. The van der Waals surface area contributed by atoms with Crippen LogP contribution in [-0.2, 0) is 6.42 Å². The second-order valence-electron chi connectivity index (χ2n) is 2.65. The van der Waals surface area contributed by atoms with E-state index in [1.807, 2.05) is 6.92 Å². The quantitative estimate of drug-likeness (QED) is 0.705. The lowest BCUT2D eigenvalue weighted by molar-refractivity contribution is 0.918. The molecule has 0 aromatic carbocycles. The zero-order chi connectivity index (χ0) is 9.14. The molecule has 0 aliphatic rings. The summed E-state index contributed by atoms with van der Waals surface area (Å²) in [7, 11) is 0. The van der Waals surface area contributed by atoms with Gasteiger partial charge in [0.2, 0.25) is 0 Å². The fraction of sp³-hybridized carbons (Fsp3) is 0.500. The maximum atomic E-state index is 11.3. The van der Waals surface area contributed by atoms with Crippen molar-refractivity contribution < 1.29 is 0 Å². The first-order valence-electron chi connectivity index (χ1n) is 3.77. The SMILES string of the molecule is Cc1nc(C)c(CCCl)c(=O)[nH]1. The number of aromatic amines is 1. The van der Waals surface area contributed by atoms with E-state index in [0.717, 1.165) is 5.69 Å². The second kappa shape index (κ2) is 3.72. The summed E-state index contributed by atoms with van der Waals surface area (Å²) in [6, 6.07) is 0. The number of aryl methyl sites for hydroxylation is 2. The van der Waals surface area contributed by atoms with Gasteiger partial charge in [-0.15, -0.1) is 11.6 Å². The molecule has 1 aromatic heterocycles. The van der Waals surface area contributed by atoms with Crippen molar-refractivity contribution in [3.63, 3.8) is 0 Å². The number of alkyl halides is 1. The predicted molar refractivity (Wildman–Crippen MR) is 48.8 cm³/mol. The van der Waals surface area contributed by atoms with E-state index in [2.05, 4.69) is 9.97 Å². The molecule has 0 aliphatic carbocycles. The van der Waals surface area contributed by atoms with Gasteiger partial charge in [0.25, 0.3) is 5.56 Å². The maximum absolute atomic E-state index is 11.3. The van der Waals surface area contributed by atoms with E-state index in [4.69, 9.17) is 11.6 Å². The Balaban J connectivity index is 3.19. The first kappa shape index (κ1) is 9.26. The van der Waals surface area contributed by atoms with Gasteiger partial charge in [-0.05, 0) is 20.3 Å². The minimum absolute atomic E-state index is 0.0688. The van der Waals surface area contributed by atoms with E-state index in [1.165, 1.54) is 0 Å². The molecule has 12 heavy (non-hydrogen) atoms. The van der Waals surface area contributed by atoms with Crippen LogP contribution >= 0.6 is 11.6 Å². The van der Waals surface area contributed by atoms with E-state index >= 15 is 0 Å². The van der Waals surface area contributed by atoms with Gasteiger partial charge in [-0.2, -0.15) is 0 Å². The average Bonchev–Trinajstić information content (AvgIpc) is 1.96. The Morgan fingerprint density at radius 2 is 2.17 bits per heavy atom. The van der Waals surface area contributed by atoms with Gasteiger partial charge in [-0.25, -0.2) is 4.98 Å². The zero-order valence-electron chi connectivity index (χ0n) is 7.15. The summed E-state index contributed by atoms with van der Waals surface area (Å²) >= 11 is 5.54. The second-order valence-corrected chi connectivity index (χ2v) is 3.03. The molecule has 0 amide bonds. The number of halogens is 1. The van der Waals surface area contributed by atoms with Gasteiger partial charge in [0.15, 0.2) is 0 Å². The van der Waals surface area contributed by atoms with Gasteiger partial charge in [0.05, 0.1) is 0 Å². The van der Waals surface area contributed by atoms with Crippen LogP contribution in [0.25, 0.3) is 0 Å². The van der Waals surface area contributed by atoms with Gasteiger partial charge in [0, 0.05) is 17.1 Å². The molecule has 0 aliphatic heterocycles. The van der Waals surface area contributed by atoms with Crippen LogP contribution in [0.4, 0.5) is 0 Å². The van der Waals surface area contributed by atoms with Crippen LogP contribution in [0.2, 0.25) is 0 Å². The Morgan fingerprint density at radius 1 is 1.50 bits per heavy atom. The first-order chi connectivity index (χ1) is 5.65. The monoisotopic (exact) mass is 186 g/mol. The molecule has 0 bridgehead atoms. The summed E-state index contributed by atoms with van der Waals surface area (Å²) < 4.78 is 0. The van der Waals surface area contributed by atoms with Crippen molar-refractivity contribution in [3.05, 3.63) is 27.4 Å². The standard InChI is InChI=1S/C8H11ClN2O/c1-5-7(3-4-9)8(12)11-6(2)10-5/h3-4H2,1-2H3,(H,10,11,12).